The molecule has 1 amide bonds. The molecule has 24 heavy (non-hydrogen) atoms. The number of hydrogen-bond donors (Lipinski definition) is 2. The highest BCUT2D eigenvalue weighted by molar-refractivity contribution is 6.31. The lowest BCUT2D eigenvalue weighted by Gasteiger charge is -2.41. The van der Waals surface area contributed by atoms with Crippen LogP contribution in [0.3, 0.4) is 0 Å². The smallest absolute Gasteiger partial charge is 0.243 e. The normalized spacial score (nSPS) is 15.4. The predicted octanol–water partition coefficient (Wildman–Crippen LogP) is 4.30. The van der Waals surface area contributed by atoms with Gasteiger partial charge in [0.2, 0.25) is 5.91 Å². The van der Waals surface area contributed by atoms with Gasteiger partial charge < -0.3 is 15.5 Å². The maximum atomic E-state index is 12.5. The Labute approximate surface area is 147 Å². The largest absolute Gasteiger partial charge is 0.377 e. The molecule has 0 aliphatic carbocycles. The van der Waals surface area contributed by atoms with E-state index in [0.717, 1.165) is 29.2 Å². The van der Waals surface area contributed by atoms with Gasteiger partial charge in [0.25, 0.3) is 0 Å². The number of anilines is 3. The van der Waals surface area contributed by atoms with Crippen molar-refractivity contribution in [2.45, 2.75) is 26.3 Å². The number of nitrogens with zero attached hydrogens (tertiary/aromatic N) is 1. The molecule has 1 heterocycles. The molecule has 126 valence electrons. The Bertz CT molecular complexity index is 773. The van der Waals surface area contributed by atoms with Crippen molar-refractivity contribution in [2.75, 3.05) is 28.6 Å². The lowest BCUT2D eigenvalue weighted by Crippen LogP contribution is -2.50. The molecule has 1 aliphatic heterocycles. The lowest BCUT2D eigenvalue weighted by atomic mass is 9.99. The number of halogens is 1. The summed E-state index contributed by atoms with van der Waals surface area (Å²) in [5, 5.41) is 7.14. The van der Waals surface area contributed by atoms with Gasteiger partial charge in [0.05, 0.1) is 17.9 Å². The SMILES string of the molecule is Cc1c(Cl)cccc1NC(=O)CN1CC(C)(C)Nc2ccccc21. The van der Waals surface area contributed by atoms with Gasteiger partial charge in [-0.1, -0.05) is 29.8 Å². The number of benzene rings is 2. The Morgan fingerprint density at radius 2 is 2.00 bits per heavy atom. The van der Waals surface area contributed by atoms with Crippen LogP contribution in [0.2, 0.25) is 5.02 Å². The van der Waals surface area contributed by atoms with Crippen molar-refractivity contribution in [1.82, 2.24) is 0 Å². The highest BCUT2D eigenvalue weighted by Gasteiger charge is 2.30. The van der Waals surface area contributed by atoms with Crippen LogP contribution >= 0.6 is 11.6 Å². The van der Waals surface area contributed by atoms with E-state index in [2.05, 4.69) is 29.4 Å². The van der Waals surface area contributed by atoms with Gasteiger partial charge in [-0.25, -0.2) is 0 Å². The molecule has 0 spiro atoms. The van der Waals surface area contributed by atoms with Crippen LogP contribution in [0.4, 0.5) is 17.1 Å². The number of para-hydroxylation sites is 2. The minimum Gasteiger partial charge on any atom is -0.377 e. The fourth-order valence-electron chi connectivity index (χ4n) is 3.07. The topological polar surface area (TPSA) is 44.4 Å². The second kappa shape index (κ2) is 6.36. The monoisotopic (exact) mass is 343 g/mol. The zero-order chi connectivity index (χ0) is 17.3. The highest BCUT2D eigenvalue weighted by atomic mass is 35.5. The van der Waals surface area contributed by atoms with Crippen molar-refractivity contribution in [3.63, 3.8) is 0 Å². The van der Waals surface area contributed by atoms with Crippen LogP contribution in [-0.4, -0.2) is 24.5 Å². The molecule has 5 heteroatoms. The number of fused-ring (bicyclic) bond motifs is 1. The molecular weight excluding hydrogens is 322 g/mol. The molecule has 0 fully saturated rings. The van der Waals surface area contributed by atoms with Crippen molar-refractivity contribution < 1.29 is 4.79 Å². The van der Waals surface area contributed by atoms with E-state index in [1.165, 1.54) is 0 Å². The molecule has 0 bridgehead atoms. The van der Waals surface area contributed by atoms with Gasteiger partial charge in [0.15, 0.2) is 0 Å². The molecule has 0 radical (unpaired) electrons. The molecule has 0 saturated carbocycles. The first kappa shape index (κ1) is 16.7. The highest BCUT2D eigenvalue weighted by Crippen LogP contribution is 2.34. The van der Waals surface area contributed by atoms with Crippen molar-refractivity contribution in [2.24, 2.45) is 0 Å². The van der Waals surface area contributed by atoms with Crippen LogP contribution in [0.25, 0.3) is 0 Å². The van der Waals surface area contributed by atoms with Gasteiger partial charge in [-0.15, -0.1) is 0 Å². The Kier molecular flexibility index (Phi) is 4.41. The summed E-state index contributed by atoms with van der Waals surface area (Å²) in [5.41, 5.74) is 3.65. The molecule has 0 unspecified atom stereocenters. The number of carbonyl (C=O) groups excluding carboxylic acids is 1. The van der Waals surface area contributed by atoms with Gasteiger partial charge in [-0.05, 0) is 50.6 Å². The molecule has 0 atom stereocenters. The molecular formula is C19H22ClN3O. The van der Waals surface area contributed by atoms with E-state index >= 15 is 0 Å². The fourth-order valence-corrected chi connectivity index (χ4v) is 3.24. The number of carbonyl (C=O) groups is 1. The molecule has 0 saturated heterocycles. The van der Waals surface area contributed by atoms with Gasteiger partial charge >= 0.3 is 0 Å². The summed E-state index contributed by atoms with van der Waals surface area (Å²) in [6.07, 6.45) is 0. The van der Waals surface area contributed by atoms with E-state index in [9.17, 15) is 4.79 Å². The second-order valence-corrected chi connectivity index (χ2v) is 7.25. The molecule has 4 nitrogen and oxygen atoms in total. The summed E-state index contributed by atoms with van der Waals surface area (Å²) < 4.78 is 0. The van der Waals surface area contributed by atoms with Crippen LogP contribution in [0.1, 0.15) is 19.4 Å². The standard InChI is InChI=1S/C19H22ClN3O/c1-13-14(20)7-6-9-15(13)21-18(24)11-23-12-19(2,3)22-16-8-4-5-10-17(16)23/h4-10,22H,11-12H2,1-3H3,(H,21,24). The summed E-state index contributed by atoms with van der Waals surface area (Å²) in [4.78, 5) is 14.7. The lowest BCUT2D eigenvalue weighted by molar-refractivity contribution is -0.115. The summed E-state index contributed by atoms with van der Waals surface area (Å²) in [5.74, 6) is -0.0483. The van der Waals surface area contributed by atoms with Crippen LogP contribution in [0.5, 0.6) is 0 Å². The summed E-state index contributed by atoms with van der Waals surface area (Å²) in [7, 11) is 0. The first-order chi connectivity index (χ1) is 11.4. The minimum atomic E-state index is -0.0966. The van der Waals surface area contributed by atoms with Crippen molar-refractivity contribution >= 4 is 34.6 Å². The minimum absolute atomic E-state index is 0.0483. The van der Waals surface area contributed by atoms with E-state index in [1.54, 1.807) is 0 Å². The van der Waals surface area contributed by atoms with Gasteiger partial charge in [-0.2, -0.15) is 0 Å². The van der Waals surface area contributed by atoms with Crippen molar-refractivity contribution in [1.29, 1.82) is 0 Å². The zero-order valence-electron chi connectivity index (χ0n) is 14.2. The third kappa shape index (κ3) is 3.49. The summed E-state index contributed by atoms with van der Waals surface area (Å²) >= 11 is 6.12. The first-order valence-corrected chi connectivity index (χ1v) is 8.41. The number of hydrogen-bond acceptors (Lipinski definition) is 3. The van der Waals surface area contributed by atoms with E-state index < -0.39 is 0 Å². The number of amides is 1. The summed E-state index contributed by atoms with van der Waals surface area (Å²) in [6.45, 7) is 7.23. The second-order valence-electron chi connectivity index (χ2n) is 6.84. The molecule has 1 aliphatic rings. The first-order valence-electron chi connectivity index (χ1n) is 8.03. The van der Waals surface area contributed by atoms with Crippen LogP contribution in [0.15, 0.2) is 42.5 Å². The van der Waals surface area contributed by atoms with Gasteiger partial charge in [-0.3, -0.25) is 4.79 Å². The Hall–Kier alpha value is -2.20. The van der Waals surface area contributed by atoms with Crippen LogP contribution < -0.4 is 15.5 Å². The maximum Gasteiger partial charge on any atom is 0.243 e. The van der Waals surface area contributed by atoms with Crippen molar-refractivity contribution in [3.05, 3.63) is 53.1 Å². The third-order valence-corrected chi connectivity index (χ3v) is 4.59. The van der Waals surface area contributed by atoms with E-state index in [4.69, 9.17) is 11.6 Å². The Morgan fingerprint density at radius 1 is 1.25 bits per heavy atom. The van der Waals surface area contributed by atoms with E-state index in [0.29, 0.717) is 11.6 Å². The molecule has 2 N–H and O–H groups in total. The van der Waals surface area contributed by atoms with E-state index in [-0.39, 0.29) is 11.4 Å². The Balaban J connectivity index is 1.78. The van der Waals surface area contributed by atoms with Crippen LogP contribution in [0, 0.1) is 6.92 Å². The fraction of sp³-hybridized carbons (Fsp3) is 0.316. The zero-order valence-corrected chi connectivity index (χ0v) is 14.9. The van der Waals surface area contributed by atoms with Crippen molar-refractivity contribution in [3.8, 4) is 0 Å². The third-order valence-electron chi connectivity index (χ3n) is 4.18. The molecule has 3 rings (SSSR count). The Morgan fingerprint density at radius 3 is 2.79 bits per heavy atom. The number of rotatable bonds is 3. The van der Waals surface area contributed by atoms with E-state index in [1.807, 2.05) is 49.4 Å². The molecule has 2 aromatic rings. The predicted molar refractivity (Wildman–Crippen MR) is 101 cm³/mol. The average molecular weight is 344 g/mol. The number of nitrogens with one attached hydrogen (secondary N) is 2. The quantitative estimate of drug-likeness (QED) is 0.873. The van der Waals surface area contributed by atoms with Crippen LogP contribution in [-0.2, 0) is 4.79 Å². The van der Waals surface area contributed by atoms with Gasteiger partial charge in [0.1, 0.15) is 0 Å². The molecule has 2 aromatic carbocycles. The van der Waals surface area contributed by atoms with Gasteiger partial charge in [0, 0.05) is 22.8 Å². The average Bonchev–Trinajstić information content (AvgIpc) is 2.50. The maximum absolute atomic E-state index is 12.5. The molecule has 0 aromatic heterocycles. The summed E-state index contributed by atoms with van der Waals surface area (Å²) in [6, 6.07) is 13.6.